The molecule has 0 aliphatic carbocycles. The van der Waals surface area contributed by atoms with E-state index in [1.807, 2.05) is 60.7 Å². The van der Waals surface area contributed by atoms with Crippen LogP contribution in [0.25, 0.3) is 0 Å². The van der Waals surface area contributed by atoms with Crippen LogP contribution in [0.1, 0.15) is 23.8 Å². The summed E-state index contributed by atoms with van der Waals surface area (Å²) in [5.41, 5.74) is 0.142. The third-order valence-electron chi connectivity index (χ3n) is 5.68. The highest BCUT2D eigenvalue weighted by Gasteiger charge is 2.51. The number of nitrogens with one attached hydrogen (secondary N) is 1. The number of rotatable bonds is 10. The lowest BCUT2D eigenvalue weighted by Crippen LogP contribution is -2.49. The quantitative estimate of drug-likeness (QED) is 0.509. The van der Waals surface area contributed by atoms with E-state index in [4.69, 9.17) is 18.9 Å². The van der Waals surface area contributed by atoms with Gasteiger partial charge in [0.1, 0.15) is 11.8 Å². The van der Waals surface area contributed by atoms with E-state index in [2.05, 4.69) is 4.98 Å². The first-order chi connectivity index (χ1) is 16.1. The first kappa shape index (κ1) is 23.1. The summed E-state index contributed by atoms with van der Waals surface area (Å²) in [6.45, 7) is 1.22. The minimum atomic E-state index is -0.932. The molecule has 0 amide bonds. The fourth-order valence-corrected chi connectivity index (χ4v) is 4.06. The van der Waals surface area contributed by atoms with Crippen LogP contribution in [0.4, 0.5) is 0 Å². The monoisotopic (exact) mass is 452 g/mol. The van der Waals surface area contributed by atoms with Crippen molar-refractivity contribution in [3.05, 3.63) is 105 Å². The van der Waals surface area contributed by atoms with Crippen LogP contribution < -0.4 is 11.2 Å². The summed E-state index contributed by atoms with van der Waals surface area (Å²) in [5, 5.41) is 0. The smallest absolute Gasteiger partial charge is 0.330 e. The Morgan fingerprint density at radius 1 is 0.970 bits per heavy atom. The maximum atomic E-state index is 12.4. The molecule has 1 N–H and O–H groups in total. The minimum Gasteiger partial charge on any atom is -0.381 e. The van der Waals surface area contributed by atoms with Gasteiger partial charge in [0.05, 0.1) is 32.5 Å². The number of aromatic nitrogens is 2. The highest BCUT2D eigenvalue weighted by molar-refractivity contribution is 5.14. The molecule has 174 valence electrons. The van der Waals surface area contributed by atoms with E-state index in [-0.39, 0.29) is 13.2 Å². The van der Waals surface area contributed by atoms with Gasteiger partial charge in [0.15, 0.2) is 0 Å². The van der Waals surface area contributed by atoms with Crippen molar-refractivity contribution >= 4 is 0 Å². The van der Waals surface area contributed by atoms with E-state index in [1.54, 1.807) is 7.11 Å². The number of nitrogens with zero attached hydrogens (tertiary/aromatic N) is 1. The molecule has 0 spiro atoms. The van der Waals surface area contributed by atoms with Crippen LogP contribution in [0, 0.1) is 0 Å². The summed E-state index contributed by atoms with van der Waals surface area (Å²) in [4.78, 5) is 26.2. The van der Waals surface area contributed by atoms with Crippen molar-refractivity contribution in [3.8, 4) is 0 Å². The molecule has 1 aliphatic heterocycles. The van der Waals surface area contributed by atoms with Crippen molar-refractivity contribution in [2.75, 3.05) is 20.3 Å². The lowest BCUT2D eigenvalue weighted by Gasteiger charge is -2.33. The van der Waals surface area contributed by atoms with Gasteiger partial charge >= 0.3 is 5.69 Å². The van der Waals surface area contributed by atoms with Gasteiger partial charge in [-0.05, 0) is 11.1 Å². The molecule has 33 heavy (non-hydrogen) atoms. The number of H-pyrrole nitrogens is 1. The number of hydrogen-bond acceptors (Lipinski definition) is 6. The van der Waals surface area contributed by atoms with Gasteiger partial charge in [0, 0.05) is 25.8 Å². The molecule has 1 aromatic heterocycles. The summed E-state index contributed by atoms with van der Waals surface area (Å²) < 4.78 is 25.6. The topological polar surface area (TPSA) is 91.8 Å². The molecule has 2 heterocycles. The number of methoxy groups -OCH3 is 1. The van der Waals surface area contributed by atoms with E-state index in [0.29, 0.717) is 19.6 Å². The Kier molecular flexibility index (Phi) is 7.51. The molecular weight excluding hydrogens is 424 g/mol. The molecule has 1 saturated heterocycles. The van der Waals surface area contributed by atoms with Gasteiger partial charge < -0.3 is 18.9 Å². The first-order valence-corrected chi connectivity index (χ1v) is 10.8. The van der Waals surface area contributed by atoms with Gasteiger partial charge in [-0.25, -0.2) is 4.79 Å². The number of ether oxygens (including phenoxy) is 4. The normalized spacial score (nSPS) is 22.5. The maximum absolute atomic E-state index is 12.4. The Morgan fingerprint density at radius 2 is 1.64 bits per heavy atom. The summed E-state index contributed by atoms with van der Waals surface area (Å²) >= 11 is 0. The highest BCUT2D eigenvalue weighted by Crippen LogP contribution is 2.39. The number of aromatic amines is 1. The Morgan fingerprint density at radius 3 is 2.27 bits per heavy atom. The summed E-state index contributed by atoms with van der Waals surface area (Å²) in [5.74, 6) is 0. The van der Waals surface area contributed by atoms with Crippen molar-refractivity contribution in [2.24, 2.45) is 0 Å². The van der Waals surface area contributed by atoms with E-state index in [0.717, 1.165) is 11.1 Å². The van der Waals surface area contributed by atoms with Crippen LogP contribution in [0.5, 0.6) is 0 Å². The van der Waals surface area contributed by atoms with Gasteiger partial charge in [0.25, 0.3) is 5.56 Å². The zero-order chi connectivity index (χ0) is 23.1. The highest BCUT2D eigenvalue weighted by atomic mass is 16.6. The van der Waals surface area contributed by atoms with Crippen molar-refractivity contribution in [2.45, 2.75) is 37.6 Å². The largest absolute Gasteiger partial charge is 0.381 e. The lowest BCUT2D eigenvalue weighted by atomic mass is 9.98. The van der Waals surface area contributed by atoms with Crippen LogP contribution in [-0.2, 0) is 32.2 Å². The SMILES string of the molecule is COCC1(COCc2ccccc2)OC(n2ccc(=O)[nH]c2=O)CC1OCc1ccccc1. The van der Waals surface area contributed by atoms with E-state index in [1.165, 1.54) is 16.8 Å². The molecule has 1 fully saturated rings. The van der Waals surface area contributed by atoms with Crippen LogP contribution in [0.2, 0.25) is 0 Å². The Balaban J connectivity index is 1.56. The molecule has 3 atom stereocenters. The van der Waals surface area contributed by atoms with Gasteiger partial charge in [-0.3, -0.25) is 14.3 Å². The molecule has 3 unspecified atom stereocenters. The molecular formula is C25H28N2O6. The van der Waals surface area contributed by atoms with Crippen LogP contribution in [-0.4, -0.2) is 41.6 Å². The molecule has 1 aliphatic rings. The standard InChI is InChI=1S/C25H28N2O6/c1-30-17-25(18-31-15-19-8-4-2-5-9-19)21(32-16-20-10-6-3-7-11-20)14-23(33-25)27-13-12-22(28)26-24(27)29/h2-13,21,23H,14-18H2,1H3,(H,26,28,29). The Bertz CT molecular complexity index is 1130. The zero-order valence-corrected chi connectivity index (χ0v) is 18.5. The van der Waals surface area contributed by atoms with Crippen molar-refractivity contribution in [3.63, 3.8) is 0 Å². The third kappa shape index (κ3) is 5.66. The summed E-state index contributed by atoms with van der Waals surface area (Å²) in [6, 6.07) is 21.0. The number of benzene rings is 2. The Hall–Kier alpha value is -3.04. The van der Waals surface area contributed by atoms with E-state index in [9.17, 15) is 9.59 Å². The summed E-state index contributed by atoms with van der Waals surface area (Å²) in [6.07, 6.45) is 0.799. The van der Waals surface area contributed by atoms with E-state index >= 15 is 0 Å². The average molecular weight is 453 g/mol. The fraction of sp³-hybridized carbons (Fsp3) is 0.360. The van der Waals surface area contributed by atoms with E-state index < -0.39 is 29.2 Å². The molecule has 3 aromatic rings. The van der Waals surface area contributed by atoms with Crippen LogP contribution in [0.15, 0.2) is 82.5 Å². The second kappa shape index (κ2) is 10.7. The third-order valence-corrected chi connectivity index (χ3v) is 5.68. The van der Waals surface area contributed by atoms with Gasteiger partial charge in [-0.15, -0.1) is 0 Å². The number of hydrogen-bond donors (Lipinski definition) is 1. The molecule has 0 radical (unpaired) electrons. The predicted octanol–water partition coefficient (Wildman–Crippen LogP) is 2.64. The molecule has 8 nitrogen and oxygen atoms in total. The predicted molar refractivity (Wildman–Crippen MR) is 122 cm³/mol. The van der Waals surface area contributed by atoms with Gasteiger partial charge in [-0.2, -0.15) is 0 Å². The van der Waals surface area contributed by atoms with Gasteiger partial charge in [-0.1, -0.05) is 60.7 Å². The summed E-state index contributed by atoms with van der Waals surface area (Å²) in [7, 11) is 1.59. The molecule has 4 rings (SSSR count). The first-order valence-electron chi connectivity index (χ1n) is 10.8. The molecule has 0 saturated carbocycles. The van der Waals surface area contributed by atoms with Crippen LogP contribution >= 0.6 is 0 Å². The molecule has 8 heteroatoms. The fourth-order valence-electron chi connectivity index (χ4n) is 4.06. The van der Waals surface area contributed by atoms with Crippen molar-refractivity contribution in [1.82, 2.24) is 9.55 Å². The van der Waals surface area contributed by atoms with Crippen molar-refractivity contribution < 1.29 is 18.9 Å². The molecule has 2 aromatic carbocycles. The van der Waals surface area contributed by atoms with Crippen molar-refractivity contribution in [1.29, 1.82) is 0 Å². The van der Waals surface area contributed by atoms with Crippen LogP contribution in [0.3, 0.4) is 0 Å². The molecule has 0 bridgehead atoms. The Labute approximate surface area is 191 Å². The second-order valence-corrected chi connectivity index (χ2v) is 8.09. The van der Waals surface area contributed by atoms with Gasteiger partial charge in [0.2, 0.25) is 0 Å². The lowest BCUT2D eigenvalue weighted by molar-refractivity contribution is -0.179. The second-order valence-electron chi connectivity index (χ2n) is 8.09. The minimum absolute atomic E-state index is 0.212. The maximum Gasteiger partial charge on any atom is 0.330 e. The zero-order valence-electron chi connectivity index (χ0n) is 18.5. The average Bonchev–Trinajstić information content (AvgIpc) is 3.17.